The van der Waals surface area contributed by atoms with Crippen molar-refractivity contribution in [3.63, 3.8) is 0 Å². The van der Waals surface area contributed by atoms with E-state index in [0.717, 1.165) is 0 Å². The minimum absolute atomic E-state index is 0.377. The van der Waals surface area contributed by atoms with Crippen LogP contribution in [0.1, 0.15) is 25.4 Å². The Hall–Kier alpha value is -1.69. The van der Waals surface area contributed by atoms with Crippen molar-refractivity contribution in [1.82, 2.24) is 15.3 Å². The van der Waals surface area contributed by atoms with E-state index in [9.17, 15) is 0 Å². The normalized spacial score (nSPS) is 12.0. The molecule has 0 radical (unpaired) electrons. The Labute approximate surface area is 86.4 Å². The van der Waals surface area contributed by atoms with Gasteiger partial charge in [-0.2, -0.15) is 4.98 Å². The number of aromatic nitrogens is 3. The quantitative estimate of drug-likeness (QED) is 0.798. The van der Waals surface area contributed by atoms with Gasteiger partial charge >= 0.3 is 0 Å². The highest BCUT2D eigenvalue weighted by molar-refractivity contribution is 5.53. The first-order chi connectivity index (χ1) is 6.98. The van der Waals surface area contributed by atoms with Gasteiger partial charge in [-0.25, -0.2) is 0 Å². The van der Waals surface area contributed by atoms with Crippen molar-refractivity contribution in [3.05, 3.63) is 17.8 Å². The molecular weight excluding hydrogens is 196 g/mol. The van der Waals surface area contributed by atoms with Gasteiger partial charge in [0.2, 0.25) is 0 Å². The number of hydrogen-bond donors (Lipinski definition) is 1. The molecule has 2 aromatic heterocycles. The maximum absolute atomic E-state index is 5.84. The highest BCUT2D eigenvalue weighted by Gasteiger charge is 2.23. The fraction of sp³-hybridized carbons (Fsp3) is 0.444. The van der Waals surface area contributed by atoms with Crippen LogP contribution < -0.4 is 5.73 Å². The van der Waals surface area contributed by atoms with Gasteiger partial charge in [0.25, 0.3) is 5.89 Å². The van der Waals surface area contributed by atoms with Crippen LogP contribution in [-0.2, 0) is 5.54 Å². The van der Waals surface area contributed by atoms with Gasteiger partial charge in [0, 0.05) is 0 Å². The number of nitrogens with two attached hydrogens (primary N) is 1. The van der Waals surface area contributed by atoms with Crippen LogP contribution in [0.25, 0.3) is 11.5 Å². The Morgan fingerprint density at radius 1 is 1.33 bits per heavy atom. The maximum atomic E-state index is 5.84. The van der Waals surface area contributed by atoms with Gasteiger partial charge in [-0.1, -0.05) is 10.3 Å². The van der Waals surface area contributed by atoms with Crippen molar-refractivity contribution in [2.45, 2.75) is 26.3 Å². The molecule has 0 unspecified atom stereocenters. The van der Waals surface area contributed by atoms with E-state index >= 15 is 0 Å². The summed E-state index contributed by atoms with van der Waals surface area (Å²) in [4.78, 5) is 4.18. The minimum atomic E-state index is -0.618. The van der Waals surface area contributed by atoms with Crippen LogP contribution in [0.15, 0.2) is 15.2 Å². The lowest BCUT2D eigenvalue weighted by Gasteiger charge is -2.11. The van der Waals surface area contributed by atoms with Crippen LogP contribution >= 0.6 is 0 Å². The summed E-state index contributed by atoms with van der Waals surface area (Å²) in [7, 11) is 0. The van der Waals surface area contributed by atoms with Crippen LogP contribution in [0.5, 0.6) is 0 Å². The Balaban J connectivity index is 2.41. The number of hydrogen-bond acceptors (Lipinski definition) is 6. The summed E-state index contributed by atoms with van der Waals surface area (Å²) < 4.78 is 9.98. The van der Waals surface area contributed by atoms with E-state index in [2.05, 4.69) is 15.3 Å². The number of rotatable bonds is 2. The molecule has 0 amide bonds. The summed E-state index contributed by atoms with van der Waals surface area (Å²) in [6, 6.07) is 0. The summed E-state index contributed by atoms with van der Waals surface area (Å²) in [5.41, 5.74) is 5.91. The van der Waals surface area contributed by atoms with Crippen LogP contribution in [0.2, 0.25) is 0 Å². The van der Waals surface area contributed by atoms with E-state index in [0.29, 0.717) is 23.0 Å². The third-order valence-corrected chi connectivity index (χ3v) is 1.98. The minimum Gasteiger partial charge on any atom is -0.361 e. The van der Waals surface area contributed by atoms with E-state index in [-0.39, 0.29) is 0 Å². The van der Waals surface area contributed by atoms with E-state index in [4.69, 9.17) is 14.8 Å². The van der Waals surface area contributed by atoms with Gasteiger partial charge in [-0.3, -0.25) is 0 Å². The molecule has 2 aromatic rings. The molecule has 0 aliphatic carbocycles. The van der Waals surface area contributed by atoms with Crippen molar-refractivity contribution in [1.29, 1.82) is 0 Å². The highest BCUT2D eigenvalue weighted by atomic mass is 16.5. The molecule has 2 N–H and O–H groups in total. The molecule has 2 rings (SSSR count). The van der Waals surface area contributed by atoms with Crippen LogP contribution in [0.3, 0.4) is 0 Å². The van der Waals surface area contributed by atoms with E-state index in [1.807, 2.05) is 13.8 Å². The summed E-state index contributed by atoms with van der Waals surface area (Å²) in [6.45, 7) is 5.39. The van der Waals surface area contributed by atoms with Crippen LogP contribution in [0.4, 0.5) is 0 Å². The molecule has 0 bridgehead atoms. The standard InChI is InChI=1S/C9H12N4O2/c1-5-6(4-11-14-5)7-12-8(13-15-7)9(2,3)10/h4H,10H2,1-3H3. The van der Waals surface area contributed by atoms with Gasteiger partial charge in [-0.05, 0) is 20.8 Å². The van der Waals surface area contributed by atoms with Gasteiger partial charge in [-0.15, -0.1) is 0 Å². The number of aryl methyl sites for hydroxylation is 1. The monoisotopic (exact) mass is 208 g/mol. The average molecular weight is 208 g/mol. The predicted molar refractivity (Wildman–Crippen MR) is 51.7 cm³/mol. The molecule has 0 aromatic carbocycles. The van der Waals surface area contributed by atoms with Gasteiger partial charge in [0.1, 0.15) is 11.3 Å². The zero-order valence-corrected chi connectivity index (χ0v) is 8.81. The second-order valence-corrected chi connectivity index (χ2v) is 3.94. The van der Waals surface area contributed by atoms with Crippen molar-refractivity contribution < 1.29 is 9.05 Å². The first-order valence-electron chi connectivity index (χ1n) is 4.53. The van der Waals surface area contributed by atoms with E-state index in [1.165, 1.54) is 6.20 Å². The fourth-order valence-electron chi connectivity index (χ4n) is 1.10. The van der Waals surface area contributed by atoms with Gasteiger partial charge in [0.05, 0.1) is 11.7 Å². The zero-order valence-electron chi connectivity index (χ0n) is 8.81. The lowest BCUT2D eigenvalue weighted by Crippen LogP contribution is -2.30. The largest absolute Gasteiger partial charge is 0.361 e. The van der Waals surface area contributed by atoms with Crippen molar-refractivity contribution in [3.8, 4) is 11.5 Å². The van der Waals surface area contributed by atoms with Crippen molar-refractivity contribution in [2.24, 2.45) is 5.73 Å². The first-order valence-corrected chi connectivity index (χ1v) is 4.53. The molecule has 6 nitrogen and oxygen atoms in total. The lowest BCUT2D eigenvalue weighted by atomic mass is 10.1. The summed E-state index contributed by atoms with van der Waals surface area (Å²) in [5, 5.41) is 7.44. The van der Waals surface area contributed by atoms with Gasteiger partial charge in [0.15, 0.2) is 5.82 Å². The second-order valence-electron chi connectivity index (χ2n) is 3.94. The van der Waals surface area contributed by atoms with Crippen LogP contribution in [-0.4, -0.2) is 15.3 Å². The molecule has 2 heterocycles. The molecular formula is C9H12N4O2. The first kappa shape index (κ1) is 9.85. The fourth-order valence-corrected chi connectivity index (χ4v) is 1.10. The highest BCUT2D eigenvalue weighted by Crippen LogP contribution is 2.23. The number of nitrogens with zero attached hydrogens (tertiary/aromatic N) is 3. The molecule has 6 heteroatoms. The Morgan fingerprint density at radius 3 is 2.53 bits per heavy atom. The summed E-state index contributed by atoms with van der Waals surface area (Å²) in [6.07, 6.45) is 1.54. The third-order valence-electron chi connectivity index (χ3n) is 1.98. The molecule has 0 aliphatic heterocycles. The molecule has 0 saturated carbocycles. The lowest BCUT2D eigenvalue weighted by molar-refractivity contribution is 0.390. The second kappa shape index (κ2) is 3.16. The Morgan fingerprint density at radius 2 is 2.07 bits per heavy atom. The van der Waals surface area contributed by atoms with Gasteiger partial charge < -0.3 is 14.8 Å². The molecule has 0 fully saturated rings. The molecule has 0 saturated heterocycles. The Bertz CT molecular complexity index is 466. The smallest absolute Gasteiger partial charge is 0.263 e. The topological polar surface area (TPSA) is 91.0 Å². The molecule has 15 heavy (non-hydrogen) atoms. The van der Waals surface area contributed by atoms with Crippen molar-refractivity contribution in [2.75, 3.05) is 0 Å². The summed E-state index contributed by atoms with van der Waals surface area (Å²) in [5.74, 6) is 1.47. The maximum Gasteiger partial charge on any atom is 0.263 e. The molecule has 0 atom stereocenters. The third kappa shape index (κ3) is 1.75. The van der Waals surface area contributed by atoms with E-state index < -0.39 is 5.54 Å². The van der Waals surface area contributed by atoms with E-state index in [1.54, 1.807) is 6.92 Å². The molecule has 80 valence electrons. The molecule has 0 spiro atoms. The zero-order chi connectivity index (χ0) is 11.1. The average Bonchev–Trinajstić information content (AvgIpc) is 2.69. The SMILES string of the molecule is Cc1oncc1-c1nc(C(C)(C)N)no1. The predicted octanol–water partition coefficient (Wildman–Crippen LogP) is 1.23. The van der Waals surface area contributed by atoms with Crippen molar-refractivity contribution >= 4 is 0 Å². The van der Waals surface area contributed by atoms with Crippen LogP contribution in [0, 0.1) is 6.92 Å². The summed E-state index contributed by atoms with van der Waals surface area (Å²) >= 11 is 0. The Kier molecular flexibility index (Phi) is 2.08. The molecule has 0 aliphatic rings.